The number of likely N-dealkylation sites (tertiary alicyclic amines) is 1. The Kier molecular flexibility index (Phi) is 3.33. The summed E-state index contributed by atoms with van der Waals surface area (Å²) in [7, 11) is 2.09. The van der Waals surface area contributed by atoms with Crippen molar-refractivity contribution in [1.82, 2.24) is 15.0 Å². The number of hydrogen-bond acceptors (Lipinski definition) is 5. The van der Waals surface area contributed by atoms with Gasteiger partial charge in [-0.1, -0.05) is 11.6 Å². The van der Waals surface area contributed by atoms with Gasteiger partial charge < -0.3 is 9.63 Å². The molecule has 0 aromatic carbocycles. The minimum Gasteiger partial charge on any atom is -0.396 e. The summed E-state index contributed by atoms with van der Waals surface area (Å²) < 4.78 is 5.06. The summed E-state index contributed by atoms with van der Waals surface area (Å²) >= 11 is 0. The molecule has 1 N–H and O–H groups in total. The highest BCUT2D eigenvalue weighted by Crippen LogP contribution is 2.27. The highest BCUT2D eigenvalue weighted by molar-refractivity contribution is 4.96. The van der Waals surface area contributed by atoms with Gasteiger partial charge in [0, 0.05) is 0 Å². The van der Waals surface area contributed by atoms with Gasteiger partial charge in [0.05, 0.1) is 19.1 Å². The van der Waals surface area contributed by atoms with E-state index in [9.17, 15) is 0 Å². The van der Waals surface area contributed by atoms with E-state index >= 15 is 0 Å². The number of aliphatic hydroxyl groups is 1. The van der Waals surface area contributed by atoms with E-state index in [2.05, 4.69) is 22.1 Å². The summed E-state index contributed by atoms with van der Waals surface area (Å²) in [6.45, 7) is 1.15. The average Bonchev–Trinajstić information content (AvgIpc) is 2.68. The zero-order valence-corrected chi connectivity index (χ0v) is 9.02. The minimum atomic E-state index is 0.0577. The van der Waals surface area contributed by atoms with Crippen molar-refractivity contribution in [3.63, 3.8) is 0 Å². The van der Waals surface area contributed by atoms with Gasteiger partial charge in [0.1, 0.15) is 0 Å². The standard InChI is InChI=1S/C10H17N3O2/c1-13-6-3-2-4-8(13)10-11-9(5-7-14)15-12-10/h8,14H,2-7H2,1H3. The largest absolute Gasteiger partial charge is 0.396 e. The number of aromatic nitrogens is 2. The first-order valence-electron chi connectivity index (χ1n) is 5.45. The Morgan fingerprint density at radius 1 is 1.53 bits per heavy atom. The minimum absolute atomic E-state index is 0.0577. The smallest absolute Gasteiger partial charge is 0.229 e. The molecule has 5 heteroatoms. The Hall–Kier alpha value is -0.940. The van der Waals surface area contributed by atoms with Gasteiger partial charge in [-0.3, -0.25) is 4.90 Å². The van der Waals surface area contributed by atoms with Crippen LogP contribution in [0.5, 0.6) is 0 Å². The first kappa shape index (κ1) is 10.6. The van der Waals surface area contributed by atoms with E-state index in [-0.39, 0.29) is 12.6 Å². The topological polar surface area (TPSA) is 62.4 Å². The van der Waals surface area contributed by atoms with E-state index in [4.69, 9.17) is 9.63 Å². The molecule has 1 aromatic rings. The molecule has 1 unspecified atom stereocenters. The van der Waals surface area contributed by atoms with E-state index in [1.165, 1.54) is 12.8 Å². The second-order valence-corrected chi connectivity index (χ2v) is 4.01. The molecule has 0 spiro atoms. The molecule has 1 saturated heterocycles. The lowest BCUT2D eigenvalue weighted by atomic mass is 10.0. The second-order valence-electron chi connectivity index (χ2n) is 4.01. The van der Waals surface area contributed by atoms with Gasteiger partial charge in [0.25, 0.3) is 0 Å². The molecule has 0 bridgehead atoms. The molecule has 84 valence electrons. The number of rotatable bonds is 3. The maximum Gasteiger partial charge on any atom is 0.229 e. The van der Waals surface area contributed by atoms with Gasteiger partial charge in [-0.2, -0.15) is 4.98 Å². The van der Waals surface area contributed by atoms with E-state index in [0.717, 1.165) is 18.8 Å². The Morgan fingerprint density at radius 3 is 3.13 bits per heavy atom. The Bertz CT molecular complexity index is 313. The number of piperidine rings is 1. The average molecular weight is 211 g/mol. The van der Waals surface area contributed by atoms with Crippen LogP contribution in [0.25, 0.3) is 0 Å². The van der Waals surface area contributed by atoms with Gasteiger partial charge in [-0.15, -0.1) is 0 Å². The predicted octanol–water partition coefficient (Wildman–Crippen LogP) is 0.761. The van der Waals surface area contributed by atoms with Crippen LogP contribution in [0.2, 0.25) is 0 Å². The highest BCUT2D eigenvalue weighted by Gasteiger charge is 2.24. The molecule has 0 radical (unpaired) electrons. The summed E-state index contributed by atoms with van der Waals surface area (Å²) in [5, 5.41) is 12.7. The van der Waals surface area contributed by atoms with Crippen LogP contribution >= 0.6 is 0 Å². The summed E-state index contributed by atoms with van der Waals surface area (Å²) in [6.07, 6.45) is 4.01. The molecule has 1 aliphatic rings. The number of hydrogen-bond donors (Lipinski definition) is 1. The zero-order valence-electron chi connectivity index (χ0n) is 9.02. The van der Waals surface area contributed by atoms with Gasteiger partial charge in [0.2, 0.25) is 5.89 Å². The van der Waals surface area contributed by atoms with Crippen LogP contribution in [0.15, 0.2) is 4.52 Å². The third-order valence-electron chi connectivity index (χ3n) is 2.88. The normalized spacial score (nSPS) is 23.2. The fourth-order valence-electron chi connectivity index (χ4n) is 2.00. The molecule has 0 saturated carbocycles. The first-order chi connectivity index (χ1) is 7.31. The summed E-state index contributed by atoms with van der Waals surface area (Å²) in [4.78, 5) is 6.56. The number of nitrogens with zero attached hydrogens (tertiary/aromatic N) is 3. The number of aliphatic hydroxyl groups excluding tert-OH is 1. The van der Waals surface area contributed by atoms with Crippen LogP contribution < -0.4 is 0 Å². The SMILES string of the molecule is CN1CCCCC1c1noc(CCO)n1. The van der Waals surface area contributed by atoms with Crippen LogP contribution in [0, 0.1) is 0 Å². The van der Waals surface area contributed by atoms with Crippen molar-refractivity contribution >= 4 is 0 Å². The van der Waals surface area contributed by atoms with Crippen LogP contribution in [-0.4, -0.2) is 40.3 Å². The fraction of sp³-hybridized carbons (Fsp3) is 0.800. The molecule has 2 heterocycles. The molecule has 2 rings (SSSR count). The van der Waals surface area contributed by atoms with E-state index < -0.39 is 0 Å². The molecule has 1 atom stereocenters. The lowest BCUT2D eigenvalue weighted by Crippen LogP contribution is -2.30. The third kappa shape index (κ3) is 2.35. The quantitative estimate of drug-likeness (QED) is 0.799. The maximum atomic E-state index is 8.75. The van der Waals surface area contributed by atoms with Gasteiger partial charge >= 0.3 is 0 Å². The molecule has 1 aromatic heterocycles. The van der Waals surface area contributed by atoms with Crippen molar-refractivity contribution in [2.24, 2.45) is 0 Å². The molecular weight excluding hydrogens is 194 g/mol. The zero-order chi connectivity index (χ0) is 10.7. The monoisotopic (exact) mass is 211 g/mol. The molecule has 0 aliphatic carbocycles. The van der Waals surface area contributed by atoms with Crippen LogP contribution in [-0.2, 0) is 6.42 Å². The Balaban J connectivity index is 2.06. The van der Waals surface area contributed by atoms with Crippen LogP contribution in [0.1, 0.15) is 37.0 Å². The summed E-state index contributed by atoms with van der Waals surface area (Å²) in [6, 6.07) is 0.287. The maximum absolute atomic E-state index is 8.75. The Labute approximate surface area is 89.1 Å². The molecule has 1 aliphatic heterocycles. The predicted molar refractivity (Wildman–Crippen MR) is 54.3 cm³/mol. The van der Waals surface area contributed by atoms with Crippen molar-refractivity contribution < 1.29 is 9.63 Å². The summed E-state index contributed by atoms with van der Waals surface area (Å²) in [5.41, 5.74) is 0. The van der Waals surface area contributed by atoms with E-state index in [1.807, 2.05) is 0 Å². The van der Waals surface area contributed by atoms with Gasteiger partial charge in [-0.05, 0) is 26.4 Å². The van der Waals surface area contributed by atoms with Crippen molar-refractivity contribution in [2.75, 3.05) is 20.2 Å². The van der Waals surface area contributed by atoms with Crippen molar-refractivity contribution in [1.29, 1.82) is 0 Å². The molecule has 0 amide bonds. The molecular formula is C10H17N3O2. The van der Waals surface area contributed by atoms with E-state index in [0.29, 0.717) is 12.3 Å². The molecule has 5 nitrogen and oxygen atoms in total. The van der Waals surface area contributed by atoms with Crippen molar-refractivity contribution in [3.05, 3.63) is 11.7 Å². The van der Waals surface area contributed by atoms with E-state index in [1.54, 1.807) is 0 Å². The van der Waals surface area contributed by atoms with Gasteiger partial charge in [-0.25, -0.2) is 0 Å². The van der Waals surface area contributed by atoms with Crippen LogP contribution in [0.3, 0.4) is 0 Å². The van der Waals surface area contributed by atoms with Crippen molar-refractivity contribution in [3.8, 4) is 0 Å². The van der Waals surface area contributed by atoms with Crippen LogP contribution in [0.4, 0.5) is 0 Å². The molecule has 15 heavy (non-hydrogen) atoms. The summed E-state index contributed by atoms with van der Waals surface area (Å²) in [5.74, 6) is 1.30. The van der Waals surface area contributed by atoms with Gasteiger partial charge in [0.15, 0.2) is 5.82 Å². The second kappa shape index (κ2) is 4.72. The fourth-order valence-corrected chi connectivity index (χ4v) is 2.00. The molecule has 1 fully saturated rings. The highest BCUT2D eigenvalue weighted by atomic mass is 16.5. The first-order valence-corrected chi connectivity index (χ1v) is 5.45. The van der Waals surface area contributed by atoms with Crippen molar-refractivity contribution in [2.45, 2.75) is 31.7 Å². The third-order valence-corrected chi connectivity index (χ3v) is 2.88. The lowest BCUT2D eigenvalue weighted by Gasteiger charge is -2.29. The Morgan fingerprint density at radius 2 is 2.40 bits per heavy atom. The lowest BCUT2D eigenvalue weighted by molar-refractivity contribution is 0.175.